The van der Waals surface area contributed by atoms with Crippen LogP contribution in [0.2, 0.25) is 0 Å². The molecule has 0 amide bonds. The van der Waals surface area contributed by atoms with Crippen LogP contribution in [0.15, 0.2) is 9.59 Å². The number of hydrogen-bond acceptors (Lipinski definition) is 3. The van der Waals surface area contributed by atoms with Gasteiger partial charge in [0, 0.05) is 6.04 Å². The molecule has 0 aromatic carbocycles. The molecule has 2 unspecified atom stereocenters. The quantitative estimate of drug-likeness (QED) is 0.746. The van der Waals surface area contributed by atoms with Gasteiger partial charge in [-0.05, 0) is 12.3 Å². The summed E-state index contributed by atoms with van der Waals surface area (Å²) >= 11 is 0. The molecule has 0 spiro atoms. The number of rotatable bonds is 2. The molecule has 0 bridgehead atoms. The number of H-pyrrole nitrogens is 1. The largest absolute Gasteiger partial charge is 0.492 e. The van der Waals surface area contributed by atoms with Crippen LogP contribution in [-0.4, -0.2) is 14.7 Å². The van der Waals surface area contributed by atoms with Crippen molar-refractivity contribution < 1.29 is 9.50 Å². The Morgan fingerprint density at radius 1 is 1.60 bits per heavy atom. The molecule has 1 fully saturated rings. The number of aromatic nitrogens is 2. The molecule has 1 aromatic heterocycles. The number of halogens is 1. The van der Waals surface area contributed by atoms with E-state index < -0.39 is 22.9 Å². The Hall–Kier alpha value is -1.59. The molecule has 1 heterocycles. The van der Waals surface area contributed by atoms with Crippen molar-refractivity contribution in [3.05, 3.63) is 26.7 Å². The van der Waals surface area contributed by atoms with Gasteiger partial charge in [-0.2, -0.15) is 4.39 Å². The van der Waals surface area contributed by atoms with Crippen LogP contribution in [0.1, 0.15) is 25.8 Å². The summed E-state index contributed by atoms with van der Waals surface area (Å²) in [6.07, 6.45) is 1.59. The van der Waals surface area contributed by atoms with E-state index in [1.165, 1.54) is 0 Å². The molecule has 2 N–H and O–H groups in total. The summed E-state index contributed by atoms with van der Waals surface area (Å²) < 4.78 is 14.0. The van der Waals surface area contributed by atoms with E-state index in [0.29, 0.717) is 0 Å². The minimum Gasteiger partial charge on any atom is -0.492 e. The van der Waals surface area contributed by atoms with Crippen molar-refractivity contribution in [2.24, 2.45) is 5.92 Å². The van der Waals surface area contributed by atoms with Crippen LogP contribution in [0.4, 0.5) is 4.39 Å². The van der Waals surface area contributed by atoms with E-state index in [2.05, 4.69) is 0 Å². The van der Waals surface area contributed by atoms with Gasteiger partial charge in [-0.25, -0.2) is 4.79 Å². The standard InChI is InChI=1S/C9H11FN2O3/c1-2-4-3-5(4)12-8(14)6(10)7(13)11-9(12)15/h4-5,14H,2-3H2,1H3,(H,11,13,15). The monoisotopic (exact) mass is 214 g/mol. The molecule has 1 aliphatic rings. The van der Waals surface area contributed by atoms with Gasteiger partial charge in [0.25, 0.3) is 5.56 Å². The highest BCUT2D eigenvalue weighted by atomic mass is 19.1. The third-order valence-corrected chi connectivity index (χ3v) is 2.80. The Morgan fingerprint density at radius 2 is 2.27 bits per heavy atom. The predicted molar refractivity (Wildman–Crippen MR) is 50.4 cm³/mol. The summed E-state index contributed by atoms with van der Waals surface area (Å²) in [5.41, 5.74) is -1.93. The van der Waals surface area contributed by atoms with E-state index in [0.717, 1.165) is 17.4 Å². The molecule has 1 saturated carbocycles. The highest BCUT2D eigenvalue weighted by Gasteiger charge is 2.40. The Morgan fingerprint density at radius 3 is 2.80 bits per heavy atom. The molecule has 0 saturated heterocycles. The summed E-state index contributed by atoms with van der Waals surface area (Å²) in [7, 11) is 0. The zero-order chi connectivity index (χ0) is 11.2. The topological polar surface area (TPSA) is 75.1 Å². The minimum atomic E-state index is -1.30. The van der Waals surface area contributed by atoms with Gasteiger partial charge in [-0.15, -0.1) is 0 Å². The fraction of sp³-hybridized carbons (Fsp3) is 0.556. The third-order valence-electron chi connectivity index (χ3n) is 2.80. The molecule has 1 aromatic rings. The molecule has 0 aliphatic heterocycles. The number of nitrogens with zero attached hydrogens (tertiary/aromatic N) is 1. The Labute approximate surface area is 84.2 Å². The molecular weight excluding hydrogens is 203 g/mol. The lowest BCUT2D eigenvalue weighted by molar-refractivity contribution is 0.356. The number of hydrogen-bond donors (Lipinski definition) is 2. The average molecular weight is 214 g/mol. The Balaban J connectivity index is 2.54. The Kier molecular flexibility index (Phi) is 2.13. The van der Waals surface area contributed by atoms with E-state index >= 15 is 0 Å². The summed E-state index contributed by atoms with van der Waals surface area (Å²) in [4.78, 5) is 24.0. The van der Waals surface area contributed by atoms with E-state index in [9.17, 15) is 19.1 Å². The summed E-state index contributed by atoms with van der Waals surface area (Å²) in [5, 5.41) is 9.35. The second-order valence-electron chi connectivity index (χ2n) is 3.74. The van der Waals surface area contributed by atoms with Crippen molar-refractivity contribution >= 4 is 0 Å². The second-order valence-corrected chi connectivity index (χ2v) is 3.74. The number of aromatic amines is 1. The fourth-order valence-corrected chi connectivity index (χ4v) is 1.81. The number of nitrogens with one attached hydrogen (secondary N) is 1. The molecular formula is C9H11FN2O3. The lowest BCUT2D eigenvalue weighted by Gasteiger charge is -2.06. The van der Waals surface area contributed by atoms with Crippen molar-refractivity contribution in [3.8, 4) is 5.88 Å². The van der Waals surface area contributed by atoms with E-state index in [4.69, 9.17) is 0 Å². The van der Waals surface area contributed by atoms with Gasteiger partial charge in [-0.3, -0.25) is 14.3 Å². The van der Waals surface area contributed by atoms with Crippen molar-refractivity contribution in [2.45, 2.75) is 25.8 Å². The van der Waals surface area contributed by atoms with Gasteiger partial charge >= 0.3 is 5.69 Å². The van der Waals surface area contributed by atoms with Crippen LogP contribution in [0.5, 0.6) is 5.88 Å². The molecule has 0 radical (unpaired) electrons. The second kappa shape index (κ2) is 3.22. The van der Waals surface area contributed by atoms with Gasteiger partial charge < -0.3 is 5.11 Å². The first-order chi connectivity index (χ1) is 7.06. The van der Waals surface area contributed by atoms with Crippen molar-refractivity contribution in [1.29, 1.82) is 0 Å². The lowest BCUT2D eigenvalue weighted by atomic mass is 10.3. The van der Waals surface area contributed by atoms with Crippen LogP contribution >= 0.6 is 0 Å². The lowest BCUT2D eigenvalue weighted by Crippen LogP contribution is -2.31. The van der Waals surface area contributed by atoms with E-state index in [-0.39, 0.29) is 12.0 Å². The first kappa shape index (κ1) is 9.95. The molecule has 2 atom stereocenters. The summed E-state index contributed by atoms with van der Waals surface area (Å²) in [6, 6.07) is -0.186. The van der Waals surface area contributed by atoms with Gasteiger partial charge in [0.05, 0.1) is 0 Å². The van der Waals surface area contributed by atoms with Gasteiger partial charge in [-0.1, -0.05) is 13.3 Å². The molecule has 5 nitrogen and oxygen atoms in total. The Bertz CT molecular complexity index is 505. The van der Waals surface area contributed by atoms with Gasteiger partial charge in [0.15, 0.2) is 0 Å². The normalized spacial score (nSPS) is 24.1. The molecule has 6 heteroatoms. The summed E-state index contributed by atoms with van der Waals surface area (Å²) in [6.45, 7) is 1.95. The minimum absolute atomic E-state index is 0.186. The van der Waals surface area contributed by atoms with Gasteiger partial charge in [0.2, 0.25) is 11.7 Å². The highest BCUT2D eigenvalue weighted by Crippen LogP contribution is 2.46. The average Bonchev–Trinajstić information content (AvgIpc) is 2.94. The SMILES string of the molecule is CCC1CC1n1c(O)c(F)c(=O)[nH]c1=O. The van der Waals surface area contributed by atoms with Crippen LogP contribution in [0.3, 0.4) is 0 Å². The molecule has 15 heavy (non-hydrogen) atoms. The van der Waals surface area contributed by atoms with Crippen molar-refractivity contribution in [1.82, 2.24) is 9.55 Å². The zero-order valence-corrected chi connectivity index (χ0v) is 8.16. The molecule has 2 rings (SSSR count). The highest BCUT2D eigenvalue weighted by molar-refractivity contribution is 5.13. The zero-order valence-electron chi connectivity index (χ0n) is 8.16. The first-order valence-electron chi connectivity index (χ1n) is 4.79. The molecule has 1 aliphatic carbocycles. The van der Waals surface area contributed by atoms with Crippen LogP contribution in [0, 0.1) is 11.7 Å². The van der Waals surface area contributed by atoms with Crippen molar-refractivity contribution in [3.63, 3.8) is 0 Å². The molecule has 82 valence electrons. The maximum Gasteiger partial charge on any atom is 0.331 e. The van der Waals surface area contributed by atoms with Crippen LogP contribution in [-0.2, 0) is 0 Å². The van der Waals surface area contributed by atoms with Crippen molar-refractivity contribution in [2.75, 3.05) is 0 Å². The smallest absolute Gasteiger partial charge is 0.331 e. The fourth-order valence-electron chi connectivity index (χ4n) is 1.81. The predicted octanol–water partition coefficient (Wildman–Crippen LogP) is 0.352. The summed E-state index contributed by atoms with van der Waals surface area (Å²) in [5.74, 6) is -1.88. The van der Waals surface area contributed by atoms with Crippen LogP contribution < -0.4 is 11.2 Å². The third kappa shape index (κ3) is 1.45. The van der Waals surface area contributed by atoms with Crippen LogP contribution in [0.25, 0.3) is 0 Å². The van der Waals surface area contributed by atoms with E-state index in [1.807, 2.05) is 11.9 Å². The van der Waals surface area contributed by atoms with Gasteiger partial charge in [0.1, 0.15) is 0 Å². The maximum atomic E-state index is 13.0. The van der Waals surface area contributed by atoms with E-state index in [1.54, 1.807) is 0 Å². The first-order valence-corrected chi connectivity index (χ1v) is 4.79. The maximum absolute atomic E-state index is 13.0. The number of aromatic hydroxyl groups is 1.